The number of nitrogen functional groups attached to an aromatic ring is 1. The summed E-state index contributed by atoms with van der Waals surface area (Å²) in [7, 11) is 2.12. The smallest absolute Gasteiger partial charge is 0.0359 e. The number of likely N-dealkylation sites (N-methyl/N-ethyl adjacent to an activating group) is 1. The molecule has 0 unspecified atom stereocenters. The molecule has 1 aromatic rings. The Bertz CT molecular complexity index is 342. The molecule has 0 heterocycles. The molecule has 0 spiro atoms. The fourth-order valence-electron chi connectivity index (χ4n) is 1.67. The second-order valence-electron chi connectivity index (χ2n) is 5.61. The van der Waals surface area contributed by atoms with Gasteiger partial charge in [0.05, 0.1) is 0 Å². The zero-order chi connectivity index (χ0) is 12.9. The second kappa shape index (κ2) is 6.03. The van der Waals surface area contributed by atoms with Gasteiger partial charge in [0, 0.05) is 30.9 Å². The predicted octanol–water partition coefficient (Wildman–Crippen LogP) is 2.09. The van der Waals surface area contributed by atoms with Crippen LogP contribution in [0.5, 0.6) is 0 Å². The molecule has 0 fully saturated rings. The first-order valence-corrected chi connectivity index (χ1v) is 6.15. The number of anilines is 1. The molecule has 0 saturated heterocycles. The van der Waals surface area contributed by atoms with Gasteiger partial charge in [-0.2, -0.15) is 0 Å². The number of nitrogens with two attached hydrogens (primary N) is 1. The summed E-state index contributed by atoms with van der Waals surface area (Å²) in [5.41, 5.74) is 8.19. The van der Waals surface area contributed by atoms with Gasteiger partial charge in [-0.15, -0.1) is 0 Å². The van der Waals surface area contributed by atoms with Gasteiger partial charge in [0.2, 0.25) is 0 Å². The van der Waals surface area contributed by atoms with E-state index in [1.54, 1.807) is 0 Å². The molecule has 1 aromatic carbocycles. The van der Waals surface area contributed by atoms with E-state index in [-0.39, 0.29) is 5.54 Å². The van der Waals surface area contributed by atoms with E-state index in [1.165, 1.54) is 5.56 Å². The second-order valence-corrected chi connectivity index (χ2v) is 5.61. The molecule has 0 amide bonds. The maximum Gasteiger partial charge on any atom is 0.0359 e. The van der Waals surface area contributed by atoms with Crippen molar-refractivity contribution >= 4 is 5.69 Å². The van der Waals surface area contributed by atoms with Gasteiger partial charge in [-0.05, 0) is 39.4 Å². The van der Waals surface area contributed by atoms with Crippen molar-refractivity contribution in [2.75, 3.05) is 25.9 Å². The van der Waals surface area contributed by atoms with E-state index in [0.717, 1.165) is 25.3 Å². The molecule has 17 heavy (non-hydrogen) atoms. The van der Waals surface area contributed by atoms with Gasteiger partial charge in [-0.1, -0.05) is 18.2 Å². The molecule has 1 rings (SSSR count). The summed E-state index contributed by atoms with van der Waals surface area (Å²) in [4.78, 5) is 2.28. The monoisotopic (exact) mass is 235 g/mol. The van der Waals surface area contributed by atoms with Crippen LogP contribution in [0, 0.1) is 0 Å². The summed E-state index contributed by atoms with van der Waals surface area (Å²) in [6.45, 7) is 9.46. The number of para-hydroxylation sites is 1. The van der Waals surface area contributed by atoms with E-state index in [0.29, 0.717) is 0 Å². The molecule has 0 aliphatic carbocycles. The Balaban J connectivity index is 2.35. The number of benzene rings is 1. The van der Waals surface area contributed by atoms with Gasteiger partial charge in [0.1, 0.15) is 0 Å². The third-order valence-corrected chi connectivity index (χ3v) is 2.64. The molecule has 0 bridgehead atoms. The average Bonchev–Trinajstić information content (AvgIpc) is 2.19. The molecule has 3 heteroatoms. The largest absolute Gasteiger partial charge is 0.398 e. The predicted molar refractivity (Wildman–Crippen MR) is 74.9 cm³/mol. The Morgan fingerprint density at radius 1 is 1.24 bits per heavy atom. The Labute approximate surface area is 105 Å². The van der Waals surface area contributed by atoms with Crippen LogP contribution in [0.4, 0.5) is 5.69 Å². The van der Waals surface area contributed by atoms with Crippen molar-refractivity contribution < 1.29 is 0 Å². The molecule has 0 saturated carbocycles. The first-order valence-electron chi connectivity index (χ1n) is 6.15. The Morgan fingerprint density at radius 3 is 2.47 bits per heavy atom. The van der Waals surface area contributed by atoms with Crippen LogP contribution in [-0.4, -0.2) is 30.6 Å². The minimum absolute atomic E-state index is 0.187. The lowest BCUT2D eigenvalue weighted by Crippen LogP contribution is -2.40. The minimum Gasteiger partial charge on any atom is -0.398 e. The lowest BCUT2D eigenvalue weighted by molar-refractivity contribution is 0.304. The van der Waals surface area contributed by atoms with Crippen LogP contribution in [0.3, 0.4) is 0 Å². The molecule has 3 N–H and O–H groups in total. The highest BCUT2D eigenvalue weighted by molar-refractivity contribution is 5.46. The molecule has 0 radical (unpaired) electrons. The van der Waals surface area contributed by atoms with Crippen molar-refractivity contribution in [3.63, 3.8) is 0 Å². The Hall–Kier alpha value is -1.06. The van der Waals surface area contributed by atoms with Crippen LogP contribution in [0.2, 0.25) is 0 Å². The molecule has 3 nitrogen and oxygen atoms in total. The van der Waals surface area contributed by atoms with E-state index in [1.807, 2.05) is 18.2 Å². The number of nitrogens with zero attached hydrogens (tertiary/aromatic N) is 1. The van der Waals surface area contributed by atoms with E-state index < -0.39 is 0 Å². The number of nitrogens with one attached hydrogen (secondary N) is 1. The van der Waals surface area contributed by atoms with Gasteiger partial charge in [0.25, 0.3) is 0 Å². The molecule has 96 valence electrons. The minimum atomic E-state index is 0.187. The van der Waals surface area contributed by atoms with Gasteiger partial charge in [0.15, 0.2) is 0 Å². The molecular formula is C14H25N3. The zero-order valence-corrected chi connectivity index (χ0v) is 11.5. The Kier molecular flexibility index (Phi) is 4.97. The van der Waals surface area contributed by atoms with Crippen LogP contribution in [0.1, 0.15) is 26.3 Å². The summed E-state index contributed by atoms with van der Waals surface area (Å²) in [5, 5.41) is 3.48. The van der Waals surface area contributed by atoms with Gasteiger partial charge in [-0.3, -0.25) is 0 Å². The van der Waals surface area contributed by atoms with E-state index in [4.69, 9.17) is 5.73 Å². The summed E-state index contributed by atoms with van der Waals surface area (Å²) < 4.78 is 0. The van der Waals surface area contributed by atoms with Gasteiger partial charge >= 0.3 is 0 Å². The van der Waals surface area contributed by atoms with Crippen molar-refractivity contribution in [3.05, 3.63) is 29.8 Å². The van der Waals surface area contributed by atoms with Crippen molar-refractivity contribution in [2.24, 2.45) is 0 Å². The SMILES string of the molecule is CN(CCNC(C)(C)C)Cc1ccccc1N. The summed E-state index contributed by atoms with van der Waals surface area (Å²) in [5.74, 6) is 0. The quantitative estimate of drug-likeness (QED) is 0.768. The van der Waals surface area contributed by atoms with Crippen molar-refractivity contribution in [3.8, 4) is 0 Å². The van der Waals surface area contributed by atoms with Crippen molar-refractivity contribution in [1.82, 2.24) is 10.2 Å². The fourth-order valence-corrected chi connectivity index (χ4v) is 1.67. The highest BCUT2D eigenvalue weighted by Crippen LogP contribution is 2.12. The highest BCUT2D eigenvalue weighted by Gasteiger charge is 2.09. The highest BCUT2D eigenvalue weighted by atomic mass is 15.1. The standard InChI is InChI=1S/C14H25N3/c1-14(2,3)16-9-10-17(4)11-12-7-5-6-8-13(12)15/h5-8,16H,9-11,15H2,1-4H3. The first-order chi connectivity index (χ1) is 7.88. The number of hydrogen-bond acceptors (Lipinski definition) is 3. The first kappa shape index (κ1) is 14.0. The third kappa shape index (κ3) is 5.71. The van der Waals surface area contributed by atoms with Gasteiger partial charge < -0.3 is 16.0 Å². The zero-order valence-electron chi connectivity index (χ0n) is 11.5. The average molecular weight is 235 g/mol. The van der Waals surface area contributed by atoms with Crippen LogP contribution >= 0.6 is 0 Å². The topological polar surface area (TPSA) is 41.3 Å². The van der Waals surface area contributed by atoms with E-state index in [9.17, 15) is 0 Å². The van der Waals surface area contributed by atoms with Crippen LogP contribution in [0.25, 0.3) is 0 Å². The fraction of sp³-hybridized carbons (Fsp3) is 0.571. The maximum absolute atomic E-state index is 5.92. The maximum atomic E-state index is 5.92. The van der Waals surface area contributed by atoms with E-state index >= 15 is 0 Å². The van der Waals surface area contributed by atoms with Crippen molar-refractivity contribution in [1.29, 1.82) is 0 Å². The molecule has 0 aliphatic rings. The molecule has 0 aromatic heterocycles. The van der Waals surface area contributed by atoms with Crippen LogP contribution in [-0.2, 0) is 6.54 Å². The normalized spacial score (nSPS) is 12.1. The van der Waals surface area contributed by atoms with Crippen LogP contribution in [0.15, 0.2) is 24.3 Å². The lowest BCUT2D eigenvalue weighted by atomic mass is 10.1. The van der Waals surface area contributed by atoms with Crippen molar-refractivity contribution in [2.45, 2.75) is 32.9 Å². The lowest BCUT2D eigenvalue weighted by Gasteiger charge is -2.23. The van der Waals surface area contributed by atoms with E-state index in [2.05, 4.69) is 44.1 Å². The molecule has 0 atom stereocenters. The summed E-state index contributed by atoms with van der Waals surface area (Å²) in [6, 6.07) is 8.05. The Morgan fingerprint density at radius 2 is 1.88 bits per heavy atom. The number of hydrogen-bond donors (Lipinski definition) is 2. The summed E-state index contributed by atoms with van der Waals surface area (Å²) in [6.07, 6.45) is 0. The van der Waals surface area contributed by atoms with Crippen LogP contribution < -0.4 is 11.1 Å². The summed E-state index contributed by atoms with van der Waals surface area (Å²) >= 11 is 0. The molecular weight excluding hydrogens is 210 g/mol. The third-order valence-electron chi connectivity index (χ3n) is 2.64. The van der Waals surface area contributed by atoms with Gasteiger partial charge in [-0.25, -0.2) is 0 Å². The molecule has 0 aliphatic heterocycles. The number of rotatable bonds is 5.